The van der Waals surface area contributed by atoms with Crippen molar-refractivity contribution < 1.29 is 4.42 Å². The van der Waals surface area contributed by atoms with Gasteiger partial charge in [-0.15, -0.1) is 11.3 Å². The number of hydrogen-bond donors (Lipinski definition) is 0. The minimum absolute atomic E-state index is 0.588. The Balaban J connectivity index is 1.12. The van der Waals surface area contributed by atoms with Gasteiger partial charge in [0.25, 0.3) is 0 Å². The number of hydrogen-bond acceptors (Lipinski definition) is 5. The highest BCUT2D eigenvalue weighted by atomic mass is 32.1. The predicted octanol–water partition coefficient (Wildman–Crippen LogP) is 14.1. The Morgan fingerprint density at radius 3 is 1.70 bits per heavy atom. The van der Waals surface area contributed by atoms with Crippen LogP contribution in [0.2, 0.25) is 0 Å². The summed E-state index contributed by atoms with van der Waals surface area (Å²) < 4.78 is 9.06. The van der Waals surface area contributed by atoms with Crippen molar-refractivity contribution in [3.05, 3.63) is 188 Å². The summed E-state index contributed by atoms with van der Waals surface area (Å²) in [6, 6.07) is 65.7. The molecule has 0 saturated heterocycles. The molecule has 3 aromatic heterocycles. The van der Waals surface area contributed by atoms with E-state index >= 15 is 0 Å². The molecule has 0 amide bonds. The van der Waals surface area contributed by atoms with Gasteiger partial charge in [-0.05, 0) is 69.8 Å². The number of benzene rings is 8. The molecule has 0 atom stereocenters. The maximum Gasteiger partial charge on any atom is 0.165 e. The zero-order valence-electron chi connectivity index (χ0n) is 30.1. The molecule has 262 valence electrons. The first-order valence-corrected chi connectivity index (χ1v) is 19.5. The fourth-order valence-electron chi connectivity index (χ4n) is 7.84. The maximum absolute atomic E-state index is 6.48. The summed E-state index contributed by atoms with van der Waals surface area (Å²) in [7, 11) is 0. The summed E-state index contributed by atoms with van der Waals surface area (Å²) >= 11 is 1.84. The Bertz CT molecular complexity index is 3240. The summed E-state index contributed by atoms with van der Waals surface area (Å²) in [6.45, 7) is 0. The lowest BCUT2D eigenvalue weighted by Crippen LogP contribution is -2.01. The number of para-hydroxylation sites is 1. The van der Waals surface area contributed by atoms with E-state index in [4.69, 9.17) is 19.4 Å². The van der Waals surface area contributed by atoms with Crippen LogP contribution in [0.25, 0.3) is 110 Å². The van der Waals surface area contributed by atoms with E-state index in [9.17, 15) is 0 Å². The van der Waals surface area contributed by atoms with Gasteiger partial charge in [-0.25, -0.2) is 15.0 Å². The lowest BCUT2D eigenvalue weighted by molar-refractivity contribution is 0.669. The second-order valence-electron chi connectivity index (χ2n) is 14.0. The van der Waals surface area contributed by atoms with Gasteiger partial charge in [-0.1, -0.05) is 152 Å². The predicted molar refractivity (Wildman–Crippen MR) is 233 cm³/mol. The van der Waals surface area contributed by atoms with Crippen molar-refractivity contribution in [3.63, 3.8) is 0 Å². The van der Waals surface area contributed by atoms with Crippen molar-refractivity contribution in [3.8, 4) is 67.5 Å². The van der Waals surface area contributed by atoms with Crippen LogP contribution in [0, 0.1) is 0 Å². The van der Waals surface area contributed by atoms with Gasteiger partial charge < -0.3 is 4.42 Å². The Kier molecular flexibility index (Phi) is 7.64. The maximum atomic E-state index is 6.48. The lowest BCUT2D eigenvalue weighted by atomic mass is 9.92. The van der Waals surface area contributed by atoms with Crippen LogP contribution in [0.1, 0.15) is 0 Å². The molecule has 0 bridgehead atoms. The molecule has 0 unspecified atom stereocenters. The number of aromatic nitrogens is 3. The Hall–Kier alpha value is -7.21. The van der Waals surface area contributed by atoms with E-state index in [1.165, 1.54) is 25.7 Å². The molecule has 56 heavy (non-hydrogen) atoms. The first kappa shape index (κ1) is 32.2. The summed E-state index contributed by atoms with van der Waals surface area (Å²) in [4.78, 5) is 15.6. The highest BCUT2D eigenvalue weighted by Gasteiger charge is 2.22. The third-order valence-electron chi connectivity index (χ3n) is 10.6. The molecule has 0 aliphatic rings. The first-order chi connectivity index (χ1) is 27.7. The third-order valence-corrected chi connectivity index (χ3v) is 11.7. The summed E-state index contributed by atoms with van der Waals surface area (Å²) in [5.74, 6) is 1.80. The summed E-state index contributed by atoms with van der Waals surface area (Å²) in [5.41, 5.74) is 11.0. The molecule has 3 heterocycles. The van der Waals surface area contributed by atoms with Crippen LogP contribution in [0.5, 0.6) is 0 Å². The molecule has 0 N–H and O–H groups in total. The normalized spacial score (nSPS) is 11.6. The molecule has 4 nitrogen and oxygen atoms in total. The average molecular weight is 734 g/mol. The fourth-order valence-corrected chi connectivity index (χ4v) is 8.98. The number of thiophene rings is 1. The van der Waals surface area contributed by atoms with Gasteiger partial charge in [0.1, 0.15) is 11.2 Å². The highest BCUT2D eigenvalue weighted by molar-refractivity contribution is 7.25. The van der Waals surface area contributed by atoms with Crippen molar-refractivity contribution >= 4 is 53.4 Å². The molecule has 11 aromatic rings. The van der Waals surface area contributed by atoms with Gasteiger partial charge in [-0.3, -0.25) is 0 Å². The smallest absolute Gasteiger partial charge is 0.165 e. The minimum Gasteiger partial charge on any atom is -0.456 e. The molecule has 0 aliphatic heterocycles. The van der Waals surface area contributed by atoms with Crippen molar-refractivity contribution in [2.24, 2.45) is 0 Å². The highest BCUT2D eigenvalue weighted by Crippen LogP contribution is 2.44. The summed E-state index contributed by atoms with van der Waals surface area (Å²) in [5, 5.41) is 4.59. The number of fused-ring (bicyclic) bond motifs is 6. The molecule has 0 aliphatic carbocycles. The topological polar surface area (TPSA) is 51.8 Å². The zero-order valence-corrected chi connectivity index (χ0v) is 30.9. The fraction of sp³-hybridized carbons (Fsp3) is 0. The standard InChI is InChI=1S/C51H31N3OS/c1-3-12-32(13-4-1)33-22-24-35(25-23-33)50-52-49(34-14-5-2-6-15-34)53-51(54-50)48-39(28-29-44-47(48)42-19-7-9-20-43(42)55-44)38-17-11-16-36(30-38)37-26-27-41-40-18-8-10-21-45(40)56-46(41)31-37/h1-31H. The number of furan rings is 1. The van der Waals surface area contributed by atoms with Crippen molar-refractivity contribution in [1.82, 2.24) is 15.0 Å². The van der Waals surface area contributed by atoms with Crippen LogP contribution in [0.4, 0.5) is 0 Å². The Morgan fingerprint density at radius 1 is 0.339 bits per heavy atom. The van der Waals surface area contributed by atoms with E-state index in [0.29, 0.717) is 17.5 Å². The van der Waals surface area contributed by atoms with Gasteiger partial charge in [-0.2, -0.15) is 0 Å². The Morgan fingerprint density at radius 2 is 0.893 bits per heavy atom. The molecule has 0 fully saturated rings. The van der Waals surface area contributed by atoms with Crippen LogP contribution in [0.15, 0.2) is 192 Å². The van der Waals surface area contributed by atoms with Gasteiger partial charge >= 0.3 is 0 Å². The van der Waals surface area contributed by atoms with E-state index in [-0.39, 0.29) is 0 Å². The van der Waals surface area contributed by atoms with Gasteiger partial charge in [0, 0.05) is 47.6 Å². The van der Waals surface area contributed by atoms with E-state index in [1.54, 1.807) is 0 Å². The molecular formula is C51H31N3OS. The van der Waals surface area contributed by atoms with Crippen molar-refractivity contribution in [1.29, 1.82) is 0 Å². The Labute approximate surface area is 327 Å². The van der Waals surface area contributed by atoms with Gasteiger partial charge in [0.2, 0.25) is 0 Å². The SMILES string of the molecule is c1ccc(-c2ccc(-c3nc(-c4ccccc4)nc(-c4c(-c5cccc(-c6ccc7c(c6)sc6ccccc67)c5)ccc5oc6ccccc6c45)n3)cc2)cc1. The van der Waals surface area contributed by atoms with E-state index in [1.807, 2.05) is 59.9 Å². The van der Waals surface area contributed by atoms with E-state index < -0.39 is 0 Å². The van der Waals surface area contributed by atoms with Crippen LogP contribution in [-0.2, 0) is 0 Å². The van der Waals surface area contributed by atoms with Crippen LogP contribution >= 0.6 is 11.3 Å². The van der Waals surface area contributed by atoms with Gasteiger partial charge in [0.05, 0.1) is 0 Å². The average Bonchev–Trinajstić information content (AvgIpc) is 3.85. The number of rotatable bonds is 6. The van der Waals surface area contributed by atoms with E-state index in [2.05, 4.69) is 140 Å². The third kappa shape index (κ3) is 5.56. The molecule has 11 rings (SSSR count). The molecule has 0 radical (unpaired) electrons. The summed E-state index contributed by atoms with van der Waals surface area (Å²) in [6.07, 6.45) is 0. The van der Waals surface area contributed by atoms with E-state index in [0.717, 1.165) is 66.4 Å². The molecule has 0 saturated carbocycles. The van der Waals surface area contributed by atoms with Gasteiger partial charge in [0.15, 0.2) is 17.5 Å². The monoisotopic (exact) mass is 733 g/mol. The van der Waals surface area contributed by atoms with Crippen LogP contribution in [-0.4, -0.2) is 15.0 Å². The molecule has 8 aromatic carbocycles. The largest absolute Gasteiger partial charge is 0.456 e. The quantitative estimate of drug-likeness (QED) is 0.171. The molecule has 5 heteroatoms. The zero-order chi connectivity index (χ0) is 37.0. The minimum atomic E-state index is 0.588. The van der Waals surface area contributed by atoms with Crippen LogP contribution < -0.4 is 0 Å². The molecule has 0 spiro atoms. The molecular weight excluding hydrogens is 703 g/mol. The first-order valence-electron chi connectivity index (χ1n) is 18.7. The van der Waals surface area contributed by atoms with Crippen molar-refractivity contribution in [2.45, 2.75) is 0 Å². The second-order valence-corrected chi connectivity index (χ2v) is 15.0. The van der Waals surface area contributed by atoms with Crippen molar-refractivity contribution in [2.75, 3.05) is 0 Å². The van der Waals surface area contributed by atoms with Crippen LogP contribution in [0.3, 0.4) is 0 Å². The lowest BCUT2D eigenvalue weighted by Gasteiger charge is -2.14. The second kappa shape index (κ2) is 13.3. The number of nitrogens with zero attached hydrogens (tertiary/aromatic N) is 3.